The van der Waals surface area contributed by atoms with Gasteiger partial charge in [0.2, 0.25) is 5.95 Å². The molecule has 0 bridgehead atoms. The van der Waals surface area contributed by atoms with E-state index in [2.05, 4.69) is 20.6 Å². The molecule has 0 radical (unpaired) electrons. The number of aromatic nitrogens is 2. The molecule has 1 amide bonds. The summed E-state index contributed by atoms with van der Waals surface area (Å²) in [5, 5.41) is 6.03. The Balaban J connectivity index is 2.02. The molecule has 11 heteroatoms. The van der Waals surface area contributed by atoms with Crippen molar-refractivity contribution in [3.63, 3.8) is 0 Å². The van der Waals surface area contributed by atoms with Crippen LogP contribution in [0, 0.1) is 6.92 Å². The standard InChI is InChI=1S/C19H26N6O4S/c1-10-7-8-11(30(2,28)29)9-14(10)22-17-15(16(21)26)18(27)25-19(24-17)23-13-6-4-3-5-12(13)20/h7-9,12-13H,3-6,20H2,1-2H3,(H2,21,26)(H3,22,23,24,25,27)/t12-,13-/m0/s1. The number of anilines is 3. The van der Waals surface area contributed by atoms with Gasteiger partial charge in [0, 0.05) is 24.0 Å². The van der Waals surface area contributed by atoms with Gasteiger partial charge in [-0.15, -0.1) is 0 Å². The zero-order chi connectivity index (χ0) is 22.1. The number of nitrogens with one attached hydrogen (secondary N) is 3. The van der Waals surface area contributed by atoms with Crippen molar-refractivity contribution >= 4 is 33.2 Å². The zero-order valence-corrected chi connectivity index (χ0v) is 17.7. The predicted octanol–water partition coefficient (Wildman–Crippen LogP) is 1.01. The second-order valence-corrected chi connectivity index (χ2v) is 9.59. The van der Waals surface area contributed by atoms with Gasteiger partial charge in [-0.05, 0) is 37.5 Å². The first kappa shape index (κ1) is 21.8. The molecule has 0 saturated heterocycles. The Hall–Kier alpha value is -2.92. The fourth-order valence-electron chi connectivity index (χ4n) is 3.47. The molecule has 1 heterocycles. The summed E-state index contributed by atoms with van der Waals surface area (Å²) >= 11 is 0. The molecule has 1 aliphatic carbocycles. The van der Waals surface area contributed by atoms with Crippen molar-refractivity contribution in [3.8, 4) is 0 Å². The van der Waals surface area contributed by atoms with Crippen molar-refractivity contribution in [3.05, 3.63) is 39.7 Å². The quantitative estimate of drug-likeness (QED) is 0.448. The third-order valence-electron chi connectivity index (χ3n) is 5.20. The summed E-state index contributed by atoms with van der Waals surface area (Å²) in [4.78, 5) is 31.4. The molecule has 30 heavy (non-hydrogen) atoms. The molecule has 1 fully saturated rings. The van der Waals surface area contributed by atoms with Gasteiger partial charge < -0.3 is 22.1 Å². The monoisotopic (exact) mass is 434 g/mol. The zero-order valence-electron chi connectivity index (χ0n) is 16.9. The maximum Gasteiger partial charge on any atom is 0.267 e. The fraction of sp³-hybridized carbons (Fsp3) is 0.421. The highest BCUT2D eigenvalue weighted by atomic mass is 32.2. The summed E-state index contributed by atoms with van der Waals surface area (Å²) in [5.41, 5.74) is 11.6. The highest BCUT2D eigenvalue weighted by Crippen LogP contribution is 2.25. The van der Waals surface area contributed by atoms with Crippen LogP contribution in [0.5, 0.6) is 0 Å². The van der Waals surface area contributed by atoms with E-state index < -0.39 is 21.3 Å². The minimum absolute atomic E-state index is 0.0631. The van der Waals surface area contributed by atoms with E-state index in [0.29, 0.717) is 11.3 Å². The maximum absolute atomic E-state index is 12.5. The number of primary amides is 1. The number of aromatic amines is 1. The van der Waals surface area contributed by atoms with Crippen LogP contribution in [0.25, 0.3) is 0 Å². The van der Waals surface area contributed by atoms with Crippen LogP contribution in [0.2, 0.25) is 0 Å². The highest BCUT2D eigenvalue weighted by Gasteiger charge is 2.24. The average Bonchev–Trinajstić information content (AvgIpc) is 2.64. The lowest BCUT2D eigenvalue weighted by molar-refractivity contribution is 0.0999. The van der Waals surface area contributed by atoms with Crippen molar-refractivity contribution in [1.82, 2.24) is 9.97 Å². The summed E-state index contributed by atoms with van der Waals surface area (Å²) in [6.07, 6.45) is 4.85. The van der Waals surface area contributed by atoms with E-state index in [4.69, 9.17) is 11.5 Å². The van der Waals surface area contributed by atoms with E-state index in [1.165, 1.54) is 12.1 Å². The molecule has 3 rings (SSSR count). The predicted molar refractivity (Wildman–Crippen MR) is 115 cm³/mol. The summed E-state index contributed by atoms with van der Waals surface area (Å²) in [6.45, 7) is 1.76. The maximum atomic E-state index is 12.5. The number of hydrogen-bond acceptors (Lipinski definition) is 8. The number of H-pyrrole nitrogens is 1. The number of hydrogen-bond donors (Lipinski definition) is 5. The Morgan fingerprint density at radius 2 is 1.97 bits per heavy atom. The molecule has 10 nitrogen and oxygen atoms in total. The molecular formula is C19H26N6O4S. The Kier molecular flexibility index (Phi) is 6.13. The lowest BCUT2D eigenvalue weighted by Gasteiger charge is -2.29. The van der Waals surface area contributed by atoms with Crippen molar-refractivity contribution in [2.75, 3.05) is 16.9 Å². The smallest absolute Gasteiger partial charge is 0.267 e. The molecule has 1 saturated carbocycles. The van der Waals surface area contributed by atoms with E-state index in [-0.39, 0.29) is 34.3 Å². The normalized spacial score (nSPS) is 19.3. The lowest BCUT2D eigenvalue weighted by Crippen LogP contribution is -2.43. The molecule has 2 atom stereocenters. The van der Waals surface area contributed by atoms with Crippen LogP contribution in [0.3, 0.4) is 0 Å². The van der Waals surface area contributed by atoms with Gasteiger partial charge in [0.25, 0.3) is 11.5 Å². The molecule has 0 aliphatic heterocycles. The minimum Gasteiger partial charge on any atom is -0.365 e. The van der Waals surface area contributed by atoms with E-state index in [1.807, 2.05) is 0 Å². The van der Waals surface area contributed by atoms with E-state index in [1.54, 1.807) is 13.0 Å². The number of nitrogens with zero attached hydrogens (tertiary/aromatic N) is 1. The molecule has 1 aromatic heterocycles. The van der Waals surface area contributed by atoms with Crippen LogP contribution in [0.4, 0.5) is 17.5 Å². The van der Waals surface area contributed by atoms with Crippen LogP contribution in [-0.2, 0) is 9.84 Å². The van der Waals surface area contributed by atoms with Gasteiger partial charge >= 0.3 is 0 Å². The van der Waals surface area contributed by atoms with Gasteiger partial charge in [0.1, 0.15) is 5.56 Å². The van der Waals surface area contributed by atoms with Crippen molar-refractivity contribution in [2.24, 2.45) is 11.5 Å². The van der Waals surface area contributed by atoms with Crippen LogP contribution in [0.15, 0.2) is 27.9 Å². The molecule has 2 aromatic rings. The number of nitrogens with two attached hydrogens (primary N) is 2. The molecule has 1 aliphatic rings. The van der Waals surface area contributed by atoms with Crippen molar-refractivity contribution in [2.45, 2.75) is 49.6 Å². The number of amides is 1. The number of carbonyl (C=O) groups excluding carboxylic acids is 1. The Labute approximate surface area is 174 Å². The SMILES string of the molecule is Cc1ccc(S(C)(=O)=O)cc1Nc1nc(N[C@H]2CCCC[C@@H]2N)[nH]c(=O)c1C(N)=O. The molecular weight excluding hydrogens is 408 g/mol. The van der Waals surface area contributed by atoms with Gasteiger partial charge in [0.15, 0.2) is 15.7 Å². The summed E-state index contributed by atoms with van der Waals surface area (Å²) < 4.78 is 23.8. The summed E-state index contributed by atoms with van der Waals surface area (Å²) in [5.74, 6) is -0.859. The van der Waals surface area contributed by atoms with Gasteiger partial charge in [0.05, 0.1) is 4.90 Å². The minimum atomic E-state index is -3.45. The summed E-state index contributed by atoms with van der Waals surface area (Å²) in [7, 11) is -3.45. The average molecular weight is 435 g/mol. The summed E-state index contributed by atoms with van der Waals surface area (Å²) in [6, 6.07) is 4.38. The number of aryl methyl sites for hydroxylation is 1. The Morgan fingerprint density at radius 1 is 1.27 bits per heavy atom. The van der Waals surface area contributed by atoms with Gasteiger partial charge in [-0.25, -0.2) is 8.42 Å². The number of benzene rings is 1. The van der Waals surface area contributed by atoms with Crippen LogP contribution < -0.4 is 27.7 Å². The van der Waals surface area contributed by atoms with Crippen molar-refractivity contribution < 1.29 is 13.2 Å². The third kappa shape index (κ3) is 4.79. The third-order valence-corrected chi connectivity index (χ3v) is 6.31. The van der Waals surface area contributed by atoms with Gasteiger partial charge in [-0.2, -0.15) is 4.98 Å². The molecule has 1 aromatic carbocycles. The fourth-order valence-corrected chi connectivity index (χ4v) is 4.12. The van der Waals surface area contributed by atoms with Crippen LogP contribution in [0.1, 0.15) is 41.6 Å². The van der Waals surface area contributed by atoms with E-state index in [0.717, 1.165) is 31.9 Å². The molecule has 7 N–H and O–H groups in total. The van der Waals surface area contributed by atoms with Gasteiger partial charge in [-0.3, -0.25) is 14.6 Å². The first-order chi connectivity index (χ1) is 14.1. The molecule has 0 unspecified atom stereocenters. The van der Waals surface area contributed by atoms with Crippen LogP contribution in [-0.4, -0.2) is 42.6 Å². The Bertz CT molecular complexity index is 1130. The van der Waals surface area contributed by atoms with E-state index >= 15 is 0 Å². The number of rotatable bonds is 6. The topological polar surface area (TPSA) is 173 Å². The van der Waals surface area contributed by atoms with Crippen LogP contribution >= 0.6 is 0 Å². The molecule has 0 spiro atoms. The number of carbonyl (C=O) groups is 1. The van der Waals surface area contributed by atoms with Crippen molar-refractivity contribution in [1.29, 1.82) is 0 Å². The lowest BCUT2D eigenvalue weighted by atomic mass is 9.91. The number of sulfone groups is 1. The second-order valence-electron chi connectivity index (χ2n) is 7.58. The van der Waals surface area contributed by atoms with Gasteiger partial charge in [-0.1, -0.05) is 18.9 Å². The largest absolute Gasteiger partial charge is 0.365 e. The second kappa shape index (κ2) is 8.44. The molecule has 162 valence electrons. The first-order valence-electron chi connectivity index (χ1n) is 9.60. The highest BCUT2D eigenvalue weighted by molar-refractivity contribution is 7.90. The van der Waals surface area contributed by atoms with E-state index in [9.17, 15) is 18.0 Å². The first-order valence-corrected chi connectivity index (χ1v) is 11.5. The Morgan fingerprint density at radius 3 is 2.60 bits per heavy atom.